The van der Waals surface area contributed by atoms with E-state index in [0.717, 1.165) is 11.3 Å². The zero-order valence-electron chi connectivity index (χ0n) is 10.3. The summed E-state index contributed by atoms with van der Waals surface area (Å²) in [5, 5.41) is 6.43. The number of aromatic nitrogens is 1. The number of benzene rings is 1. The SMILES string of the molecule is COc1ccccc1CNC(=O)c1nocc1C. The number of carbonyl (C=O) groups is 1. The molecule has 1 N–H and O–H groups in total. The molecule has 2 aromatic rings. The van der Waals surface area contributed by atoms with Gasteiger partial charge in [-0.2, -0.15) is 0 Å². The molecule has 0 bridgehead atoms. The lowest BCUT2D eigenvalue weighted by Crippen LogP contribution is -2.24. The summed E-state index contributed by atoms with van der Waals surface area (Å²) in [5.74, 6) is 0.488. The lowest BCUT2D eigenvalue weighted by atomic mass is 10.2. The Labute approximate surface area is 105 Å². The number of nitrogens with zero attached hydrogens (tertiary/aromatic N) is 1. The zero-order chi connectivity index (χ0) is 13.0. The number of aryl methyl sites for hydroxylation is 1. The van der Waals surface area contributed by atoms with Crippen molar-refractivity contribution in [3.63, 3.8) is 0 Å². The first-order valence-electron chi connectivity index (χ1n) is 5.53. The van der Waals surface area contributed by atoms with E-state index in [1.54, 1.807) is 14.0 Å². The van der Waals surface area contributed by atoms with Crippen LogP contribution in [0.15, 0.2) is 35.1 Å². The predicted octanol–water partition coefficient (Wildman–Crippen LogP) is 1.92. The maximum absolute atomic E-state index is 11.8. The van der Waals surface area contributed by atoms with Crippen LogP contribution in [-0.4, -0.2) is 18.2 Å². The average molecular weight is 246 g/mol. The van der Waals surface area contributed by atoms with Crippen LogP contribution in [-0.2, 0) is 6.54 Å². The highest BCUT2D eigenvalue weighted by atomic mass is 16.5. The normalized spacial score (nSPS) is 10.1. The van der Waals surface area contributed by atoms with E-state index in [1.165, 1.54) is 6.26 Å². The number of amides is 1. The van der Waals surface area contributed by atoms with Crippen molar-refractivity contribution < 1.29 is 14.1 Å². The van der Waals surface area contributed by atoms with E-state index in [2.05, 4.69) is 10.5 Å². The van der Waals surface area contributed by atoms with Crippen molar-refractivity contribution in [3.05, 3.63) is 47.3 Å². The Hall–Kier alpha value is -2.30. The molecule has 0 fully saturated rings. The molecule has 94 valence electrons. The van der Waals surface area contributed by atoms with Gasteiger partial charge in [-0.1, -0.05) is 23.4 Å². The van der Waals surface area contributed by atoms with Crippen molar-refractivity contribution in [3.8, 4) is 5.75 Å². The highest BCUT2D eigenvalue weighted by Gasteiger charge is 2.13. The van der Waals surface area contributed by atoms with Crippen molar-refractivity contribution in [1.29, 1.82) is 0 Å². The summed E-state index contributed by atoms with van der Waals surface area (Å²) in [4.78, 5) is 11.8. The van der Waals surface area contributed by atoms with Crippen molar-refractivity contribution in [2.75, 3.05) is 7.11 Å². The largest absolute Gasteiger partial charge is 0.496 e. The number of hydrogen-bond acceptors (Lipinski definition) is 4. The molecule has 18 heavy (non-hydrogen) atoms. The van der Waals surface area contributed by atoms with Gasteiger partial charge in [0.15, 0.2) is 5.69 Å². The monoisotopic (exact) mass is 246 g/mol. The second-order valence-electron chi connectivity index (χ2n) is 3.84. The second kappa shape index (κ2) is 5.35. The van der Waals surface area contributed by atoms with Crippen molar-refractivity contribution in [2.45, 2.75) is 13.5 Å². The highest BCUT2D eigenvalue weighted by molar-refractivity contribution is 5.93. The summed E-state index contributed by atoms with van der Waals surface area (Å²) in [6.07, 6.45) is 1.44. The van der Waals surface area contributed by atoms with Crippen LogP contribution >= 0.6 is 0 Å². The van der Waals surface area contributed by atoms with Crippen LogP contribution in [0.1, 0.15) is 21.6 Å². The number of ether oxygens (including phenoxy) is 1. The van der Waals surface area contributed by atoms with Gasteiger partial charge in [0.25, 0.3) is 5.91 Å². The number of hydrogen-bond donors (Lipinski definition) is 1. The van der Waals surface area contributed by atoms with E-state index in [9.17, 15) is 4.79 Å². The number of methoxy groups -OCH3 is 1. The fraction of sp³-hybridized carbons (Fsp3) is 0.231. The maximum Gasteiger partial charge on any atom is 0.274 e. The molecule has 1 heterocycles. The Morgan fingerprint density at radius 3 is 2.89 bits per heavy atom. The molecule has 0 spiro atoms. The molecule has 1 amide bonds. The Kier molecular flexibility index (Phi) is 3.62. The molecule has 1 aromatic heterocycles. The molecular weight excluding hydrogens is 232 g/mol. The van der Waals surface area contributed by atoms with Gasteiger partial charge in [0.2, 0.25) is 0 Å². The lowest BCUT2D eigenvalue weighted by Gasteiger charge is -2.08. The molecule has 0 aliphatic heterocycles. The van der Waals surface area contributed by atoms with Crippen molar-refractivity contribution in [2.24, 2.45) is 0 Å². The van der Waals surface area contributed by atoms with E-state index in [0.29, 0.717) is 17.8 Å². The lowest BCUT2D eigenvalue weighted by molar-refractivity contribution is 0.0941. The third kappa shape index (κ3) is 2.51. The number of carbonyl (C=O) groups excluding carboxylic acids is 1. The molecule has 5 heteroatoms. The third-order valence-corrected chi connectivity index (χ3v) is 2.59. The first-order valence-corrected chi connectivity index (χ1v) is 5.53. The first kappa shape index (κ1) is 12.2. The minimum Gasteiger partial charge on any atom is -0.496 e. The van der Waals surface area contributed by atoms with Crippen molar-refractivity contribution in [1.82, 2.24) is 10.5 Å². The smallest absolute Gasteiger partial charge is 0.274 e. The summed E-state index contributed by atoms with van der Waals surface area (Å²) in [6.45, 7) is 2.16. The zero-order valence-corrected chi connectivity index (χ0v) is 10.3. The van der Waals surface area contributed by atoms with Crippen LogP contribution in [0.25, 0.3) is 0 Å². The number of nitrogens with one attached hydrogen (secondary N) is 1. The van der Waals surface area contributed by atoms with Gasteiger partial charge < -0.3 is 14.6 Å². The second-order valence-corrected chi connectivity index (χ2v) is 3.84. The Bertz CT molecular complexity index is 549. The van der Waals surface area contributed by atoms with Crippen molar-refractivity contribution >= 4 is 5.91 Å². The van der Waals surface area contributed by atoms with Crippen LogP contribution in [0, 0.1) is 6.92 Å². The summed E-state index contributed by atoms with van der Waals surface area (Å²) >= 11 is 0. The molecule has 1 aromatic carbocycles. The van der Waals surface area contributed by atoms with Gasteiger partial charge in [-0.05, 0) is 13.0 Å². The summed E-state index contributed by atoms with van der Waals surface area (Å²) < 4.78 is 9.93. The van der Waals surface area contributed by atoms with Gasteiger partial charge in [-0.15, -0.1) is 0 Å². The van der Waals surface area contributed by atoms with Gasteiger partial charge in [-0.3, -0.25) is 4.79 Å². The van der Waals surface area contributed by atoms with E-state index in [4.69, 9.17) is 9.26 Å². The molecule has 0 aliphatic carbocycles. The quantitative estimate of drug-likeness (QED) is 0.895. The molecule has 2 rings (SSSR count). The van der Waals surface area contributed by atoms with Gasteiger partial charge in [0.05, 0.1) is 7.11 Å². The summed E-state index contributed by atoms with van der Waals surface area (Å²) in [6, 6.07) is 7.52. The number of para-hydroxylation sites is 1. The Morgan fingerprint density at radius 1 is 1.44 bits per heavy atom. The average Bonchev–Trinajstić information content (AvgIpc) is 2.82. The highest BCUT2D eigenvalue weighted by Crippen LogP contribution is 2.16. The van der Waals surface area contributed by atoms with Crippen LogP contribution < -0.4 is 10.1 Å². The molecule has 5 nitrogen and oxygen atoms in total. The van der Waals surface area contributed by atoms with Crippen LogP contribution in [0.2, 0.25) is 0 Å². The number of rotatable bonds is 4. The summed E-state index contributed by atoms with van der Waals surface area (Å²) in [5.41, 5.74) is 1.94. The fourth-order valence-electron chi connectivity index (χ4n) is 1.61. The minimum atomic E-state index is -0.257. The predicted molar refractivity (Wildman–Crippen MR) is 65.4 cm³/mol. The van der Waals surface area contributed by atoms with E-state index in [-0.39, 0.29) is 5.91 Å². The molecule has 0 aliphatic rings. The first-order chi connectivity index (χ1) is 8.72. The molecule has 0 saturated heterocycles. The fourth-order valence-corrected chi connectivity index (χ4v) is 1.61. The van der Waals surface area contributed by atoms with Crippen LogP contribution in [0.3, 0.4) is 0 Å². The molecule has 0 unspecified atom stereocenters. The minimum absolute atomic E-state index is 0.257. The molecular formula is C13H14N2O3. The van der Waals surface area contributed by atoms with Gasteiger partial charge in [-0.25, -0.2) is 0 Å². The molecule has 0 radical (unpaired) electrons. The van der Waals surface area contributed by atoms with Crippen LogP contribution in [0.5, 0.6) is 5.75 Å². The van der Waals surface area contributed by atoms with E-state index >= 15 is 0 Å². The van der Waals surface area contributed by atoms with Crippen LogP contribution in [0.4, 0.5) is 0 Å². The Balaban J connectivity index is 2.04. The third-order valence-electron chi connectivity index (χ3n) is 2.59. The van der Waals surface area contributed by atoms with Gasteiger partial charge in [0.1, 0.15) is 12.0 Å². The topological polar surface area (TPSA) is 64.4 Å². The Morgan fingerprint density at radius 2 is 2.22 bits per heavy atom. The molecule has 0 saturated carbocycles. The summed E-state index contributed by atoms with van der Waals surface area (Å²) in [7, 11) is 1.60. The van der Waals surface area contributed by atoms with E-state index < -0.39 is 0 Å². The van der Waals surface area contributed by atoms with Gasteiger partial charge in [0, 0.05) is 17.7 Å². The molecule has 0 atom stereocenters. The maximum atomic E-state index is 11.8. The van der Waals surface area contributed by atoms with E-state index in [1.807, 2.05) is 24.3 Å². The van der Waals surface area contributed by atoms with Gasteiger partial charge >= 0.3 is 0 Å². The standard InChI is InChI=1S/C13H14N2O3/c1-9-8-18-15-12(9)13(16)14-7-10-5-3-4-6-11(10)17-2/h3-6,8H,7H2,1-2H3,(H,14,16).